The van der Waals surface area contributed by atoms with Crippen molar-refractivity contribution in [1.29, 1.82) is 0 Å². The second kappa shape index (κ2) is 5.21. The Balaban J connectivity index is 1.62. The third kappa shape index (κ3) is 2.89. The van der Waals surface area contributed by atoms with Crippen LogP contribution in [0.2, 0.25) is 0 Å². The Morgan fingerprint density at radius 1 is 1.11 bits per heavy atom. The summed E-state index contributed by atoms with van der Waals surface area (Å²) in [6.45, 7) is 0.697. The van der Waals surface area contributed by atoms with E-state index in [9.17, 15) is 8.78 Å². The molecule has 0 fully saturated rings. The summed E-state index contributed by atoms with van der Waals surface area (Å²) in [4.78, 5) is 1.31. The zero-order valence-electron chi connectivity index (χ0n) is 10.2. The first kappa shape index (κ1) is 12.5. The molecular formula is C15H13F2NS. The molecule has 0 amide bonds. The molecule has 1 nitrogen and oxygen atoms in total. The summed E-state index contributed by atoms with van der Waals surface area (Å²) in [7, 11) is 0. The second-order valence-electron chi connectivity index (χ2n) is 4.59. The van der Waals surface area contributed by atoms with Crippen molar-refractivity contribution in [1.82, 2.24) is 0 Å². The van der Waals surface area contributed by atoms with Gasteiger partial charge in [-0.3, -0.25) is 0 Å². The molecule has 1 heterocycles. The van der Waals surface area contributed by atoms with Gasteiger partial charge in [-0.05, 0) is 30.2 Å². The number of halogens is 2. The Kier molecular flexibility index (Phi) is 3.42. The van der Waals surface area contributed by atoms with Gasteiger partial charge in [0.1, 0.15) is 11.6 Å². The maximum Gasteiger partial charge on any atom is 0.128 e. The number of nitrogens with one attached hydrogen (secondary N) is 1. The number of thioether (sulfide) groups is 1. The lowest BCUT2D eigenvalue weighted by Gasteiger charge is -2.11. The van der Waals surface area contributed by atoms with Gasteiger partial charge in [-0.25, -0.2) is 8.78 Å². The number of benzene rings is 2. The van der Waals surface area contributed by atoms with Crippen LogP contribution in [0.25, 0.3) is 0 Å². The van der Waals surface area contributed by atoms with E-state index in [1.807, 2.05) is 23.9 Å². The van der Waals surface area contributed by atoms with E-state index < -0.39 is 11.6 Å². The number of hydrogen-bond donors (Lipinski definition) is 1. The zero-order valence-corrected chi connectivity index (χ0v) is 11.0. The van der Waals surface area contributed by atoms with Crippen LogP contribution < -0.4 is 5.32 Å². The monoisotopic (exact) mass is 277 g/mol. The van der Waals surface area contributed by atoms with E-state index in [2.05, 4.69) is 17.4 Å². The molecule has 2 aromatic rings. The van der Waals surface area contributed by atoms with Crippen LogP contribution in [0.4, 0.5) is 14.5 Å². The van der Waals surface area contributed by atoms with Crippen molar-refractivity contribution in [3.63, 3.8) is 0 Å². The third-order valence-corrected chi connectivity index (χ3v) is 4.43. The van der Waals surface area contributed by atoms with Crippen LogP contribution >= 0.6 is 11.8 Å². The van der Waals surface area contributed by atoms with Gasteiger partial charge in [-0.1, -0.05) is 18.2 Å². The van der Waals surface area contributed by atoms with Crippen LogP contribution in [0.15, 0.2) is 47.4 Å². The van der Waals surface area contributed by atoms with Crippen molar-refractivity contribution in [2.45, 2.75) is 16.6 Å². The lowest BCUT2D eigenvalue weighted by atomic mass is 10.1. The number of fused-ring (bicyclic) bond motifs is 1. The maximum atomic E-state index is 13.1. The van der Waals surface area contributed by atoms with Gasteiger partial charge < -0.3 is 5.32 Å². The predicted molar refractivity (Wildman–Crippen MR) is 74.6 cm³/mol. The van der Waals surface area contributed by atoms with Crippen molar-refractivity contribution < 1.29 is 8.78 Å². The van der Waals surface area contributed by atoms with Crippen LogP contribution in [0.5, 0.6) is 0 Å². The molecule has 1 atom stereocenters. The highest BCUT2D eigenvalue weighted by atomic mass is 32.2. The van der Waals surface area contributed by atoms with Crippen LogP contribution in [0.1, 0.15) is 5.56 Å². The Morgan fingerprint density at radius 2 is 1.84 bits per heavy atom. The minimum absolute atomic E-state index is 0.406. The van der Waals surface area contributed by atoms with E-state index in [1.54, 1.807) is 0 Å². The van der Waals surface area contributed by atoms with Crippen LogP contribution in [0.3, 0.4) is 0 Å². The summed E-state index contributed by atoms with van der Waals surface area (Å²) < 4.78 is 26.1. The van der Waals surface area contributed by atoms with Gasteiger partial charge in [-0.15, -0.1) is 11.8 Å². The largest absolute Gasteiger partial charge is 0.384 e. The Labute approximate surface area is 115 Å². The summed E-state index contributed by atoms with van der Waals surface area (Å²) in [6.07, 6.45) is 0.992. The molecule has 1 aliphatic rings. The highest BCUT2D eigenvalue weighted by molar-refractivity contribution is 8.00. The fourth-order valence-electron chi connectivity index (χ4n) is 2.26. The molecule has 3 rings (SSSR count). The van der Waals surface area contributed by atoms with E-state index in [4.69, 9.17) is 0 Å². The Hall–Kier alpha value is -1.55. The van der Waals surface area contributed by atoms with Crippen molar-refractivity contribution >= 4 is 17.4 Å². The first-order valence-corrected chi connectivity index (χ1v) is 7.03. The molecule has 2 aromatic carbocycles. The van der Waals surface area contributed by atoms with Crippen molar-refractivity contribution in [2.75, 3.05) is 11.9 Å². The lowest BCUT2D eigenvalue weighted by molar-refractivity contribution is 0.584. The first-order valence-electron chi connectivity index (χ1n) is 6.15. The number of rotatable bonds is 3. The predicted octanol–water partition coefficient (Wildman–Crippen LogP) is 4.09. The fraction of sp³-hybridized carbons (Fsp3) is 0.200. The molecule has 19 heavy (non-hydrogen) atoms. The molecule has 4 heteroatoms. The number of anilines is 1. The number of hydrogen-bond acceptors (Lipinski definition) is 2. The molecule has 1 N–H and O–H groups in total. The fourth-order valence-corrected chi connectivity index (χ4v) is 3.50. The van der Waals surface area contributed by atoms with E-state index in [-0.39, 0.29) is 0 Å². The molecule has 0 aromatic heterocycles. The normalized spacial score (nSPS) is 17.3. The van der Waals surface area contributed by atoms with Crippen LogP contribution in [0, 0.1) is 11.6 Å². The summed E-state index contributed by atoms with van der Waals surface area (Å²) >= 11 is 1.81. The molecule has 0 saturated heterocycles. The maximum absolute atomic E-state index is 13.1. The minimum atomic E-state index is -0.551. The summed E-state index contributed by atoms with van der Waals surface area (Å²) in [5.41, 5.74) is 1.85. The van der Waals surface area contributed by atoms with Gasteiger partial charge in [0, 0.05) is 28.4 Å². The SMILES string of the molecule is Fc1cc(F)cc(NCC2Cc3ccccc3S2)c1. The van der Waals surface area contributed by atoms with Crippen LogP contribution in [-0.2, 0) is 6.42 Å². The molecule has 0 radical (unpaired) electrons. The van der Waals surface area contributed by atoms with Gasteiger partial charge in [-0.2, -0.15) is 0 Å². The van der Waals surface area contributed by atoms with Crippen LogP contribution in [-0.4, -0.2) is 11.8 Å². The zero-order chi connectivity index (χ0) is 13.2. The molecule has 0 saturated carbocycles. The topological polar surface area (TPSA) is 12.0 Å². The Morgan fingerprint density at radius 3 is 2.58 bits per heavy atom. The molecule has 1 unspecified atom stereocenters. The van der Waals surface area contributed by atoms with Gasteiger partial charge in [0.05, 0.1) is 0 Å². The van der Waals surface area contributed by atoms with Crippen molar-refractivity contribution in [2.24, 2.45) is 0 Å². The highest BCUT2D eigenvalue weighted by Gasteiger charge is 2.21. The summed E-state index contributed by atoms with van der Waals surface area (Å²) in [6, 6.07) is 11.8. The Bertz CT molecular complexity index is 555. The third-order valence-electron chi connectivity index (χ3n) is 3.11. The molecule has 0 spiro atoms. The molecule has 98 valence electrons. The first-order chi connectivity index (χ1) is 9.20. The smallest absolute Gasteiger partial charge is 0.128 e. The van der Waals surface area contributed by atoms with E-state index in [0.29, 0.717) is 17.5 Å². The lowest BCUT2D eigenvalue weighted by Crippen LogP contribution is -2.15. The van der Waals surface area contributed by atoms with E-state index >= 15 is 0 Å². The quantitative estimate of drug-likeness (QED) is 0.906. The van der Waals surface area contributed by atoms with E-state index in [1.165, 1.54) is 22.6 Å². The average molecular weight is 277 g/mol. The second-order valence-corrected chi connectivity index (χ2v) is 5.93. The molecule has 1 aliphatic heterocycles. The highest BCUT2D eigenvalue weighted by Crippen LogP contribution is 2.36. The van der Waals surface area contributed by atoms with Crippen molar-refractivity contribution in [3.05, 3.63) is 59.7 Å². The van der Waals surface area contributed by atoms with E-state index in [0.717, 1.165) is 12.5 Å². The molecular weight excluding hydrogens is 264 g/mol. The standard InChI is InChI=1S/C15H13F2NS/c16-11-6-12(17)8-13(7-11)18-9-14-5-10-3-1-2-4-15(10)19-14/h1-4,6-8,14,18H,5,9H2. The van der Waals surface area contributed by atoms with Gasteiger partial charge in [0.15, 0.2) is 0 Å². The average Bonchev–Trinajstić information content (AvgIpc) is 2.78. The van der Waals surface area contributed by atoms with Gasteiger partial charge in [0.25, 0.3) is 0 Å². The summed E-state index contributed by atoms with van der Waals surface area (Å²) in [5, 5.41) is 3.51. The molecule has 0 bridgehead atoms. The van der Waals surface area contributed by atoms with Gasteiger partial charge >= 0.3 is 0 Å². The summed E-state index contributed by atoms with van der Waals surface area (Å²) in [5.74, 6) is -1.10. The van der Waals surface area contributed by atoms with Gasteiger partial charge in [0.2, 0.25) is 0 Å². The van der Waals surface area contributed by atoms with Crippen molar-refractivity contribution in [3.8, 4) is 0 Å². The molecule has 0 aliphatic carbocycles. The minimum Gasteiger partial charge on any atom is -0.384 e.